The van der Waals surface area contributed by atoms with Gasteiger partial charge in [0.25, 0.3) is 5.91 Å². The van der Waals surface area contributed by atoms with Crippen LogP contribution in [0.3, 0.4) is 0 Å². The molecule has 0 unspecified atom stereocenters. The van der Waals surface area contributed by atoms with Gasteiger partial charge in [0.05, 0.1) is 41.6 Å². The first kappa shape index (κ1) is 23.5. The zero-order valence-corrected chi connectivity index (χ0v) is 19.3. The number of hydroxylamine groups is 1. The summed E-state index contributed by atoms with van der Waals surface area (Å²) in [7, 11) is 0. The molecule has 0 spiro atoms. The second-order valence-corrected chi connectivity index (χ2v) is 8.20. The Labute approximate surface area is 207 Å². The SMILES string of the molecule is O=C(NOCCO)c1ccc(-c2ccc3nnn(Cc4c(F)ccc5ccc(=O)[nH]c45)c3n2)cc1Cl. The number of hydrogen-bond acceptors (Lipinski definition) is 7. The van der Waals surface area contributed by atoms with Gasteiger partial charge in [-0.3, -0.25) is 14.4 Å². The first-order chi connectivity index (χ1) is 17.4. The highest BCUT2D eigenvalue weighted by Gasteiger charge is 2.16. The third-order valence-corrected chi connectivity index (χ3v) is 5.80. The largest absolute Gasteiger partial charge is 0.394 e. The molecule has 3 N–H and O–H groups in total. The molecule has 3 aromatic heterocycles. The number of nitrogens with one attached hydrogen (secondary N) is 2. The van der Waals surface area contributed by atoms with E-state index in [1.54, 1.807) is 36.4 Å². The number of nitrogens with zero attached hydrogens (tertiary/aromatic N) is 4. The van der Waals surface area contributed by atoms with Crippen molar-refractivity contribution in [3.63, 3.8) is 0 Å². The molecule has 5 rings (SSSR count). The number of amides is 1. The molecule has 0 aliphatic carbocycles. The van der Waals surface area contributed by atoms with Crippen LogP contribution in [0.15, 0.2) is 59.4 Å². The Bertz CT molecular complexity index is 1670. The number of pyridine rings is 2. The predicted octanol–water partition coefficient (Wildman–Crippen LogP) is 2.83. The number of aromatic nitrogens is 5. The lowest BCUT2D eigenvalue weighted by atomic mass is 10.1. The van der Waals surface area contributed by atoms with E-state index in [4.69, 9.17) is 21.5 Å². The third kappa shape index (κ3) is 4.54. The summed E-state index contributed by atoms with van der Waals surface area (Å²) in [4.78, 5) is 36.2. The molecule has 5 aromatic rings. The minimum absolute atomic E-state index is 0.0101. The highest BCUT2D eigenvalue weighted by molar-refractivity contribution is 6.34. The highest BCUT2D eigenvalue weighted by Crippen LogP contribution is 2.27. The van der Waals surface area contributed by atoms with Gasteiger partial charge in [-0.15, -0.1) is 5.10 Å². The molecular formula is C24H18ClFN6O4. The number of benzene rings is 2. The van der Waals surface area contributed by atoms with Crippen molar-refractivity contribution in [1.82, 2.24) is 30.4 Å². The fourth-order valence-electron chi connectivity index (χ4n) is 3.76. The van der Waals surface area contributed by atoms with Crippen molar-refractivity contribution in [1.29, 1.82) is 0 Å². The van der Waals surface area contributed by atoms with Crippen LogP contribution < -0.4 is 11.0 Å². The van der Waals surface area contributed by atoms with Crippen molar-refractivity contribution in [2.45, 2.75) is 6.54 Å². The van der Waals surface area contributed by atoms with Gasteiger partial charge in [-0.25, -0.2) is 19.5 Å². The van der Waals surface area contributed by atoms with E-state index in [0.29, 0.717) is 33.3 Å². The number of aliphatic hydroxyl groups is 1. The van der Waals surface area contributed by atoms with Gasteiger partial charge in [-0.1, -0.05) is 22.9 Å². The maximum atomic E-state index is 14.8. The van der Waals surface area contributed by atoms with Gasteiger partial charge in [-0.05, 0) is 47.9 Å². The van der Waals surface area contributed by atoms with Gasteiger partial charge in [-0.2, -0.15) is 0 Å². The van der Waals surface area contributed by atoms with Crippen LogP contribution in [0.1, 0.15) is 15.9 Å². The van der Waals surface area contributed by atoms with Crippen molar-refractivity contribution < 1.29 is 19.1 Å². The van der Waals surface area contributed by atoms with Crippen molar-refractivity contribution >= 4 is 39.6 Å². The van der Waals surface area contributed by atoms with E-state index >= 15 is 0 Å². The topological polar surface area (TPSA) is 135 Å². The molecule has 0 radical (unpaired) electrons. The maximum absolute atomic E-state index is 14.8. The smallest absolute Gasteiger partial charge is 0.276 e. The standard InChI is InChI=1S/C24H18ClFN6O4/c25-17-11-14(1-4-15(17)24(35)30-36-10-9-33)19-6-7-20-23(27-19)32(31-29-20)12-16-18(26)5-2-13-3-8-21(34)28-22(13)16/h1-8,11,33H,9-10,12H2,(H,28,34)(H,30,35). The van der Waals surface area contributed by atoms with Gasteiger partial charge in [0.1, 0.15) is 11.3 Å². The molecule has 36 heavy (non-hydrogen) atoms. The van der Waals surface area contributed by atoms with Crippen LogP contribution >= 0.6 is 11.6 Å². The van der Waals surface area contributed by atoms with Crippen LogP contribution in [-0.4, -0.2) is 49.2 Å². The first-order valence-electron chi connectivity index (χ1n) is 10.8. The van der Waals surface area contributed by atoms with Crippen LogP contribution in [0.2, 0.25) is 5.02 Å². The number of rotatable bonds is 7. The summed E-state index contributed by atoms with van der Waals surface area (Å²) in [5.74, 6) is -1.05. The summed E-state index contributed by atoms with van der Waals surface area (Å²) in [6, 6.07) is 14.2. The van der Waals surface area contributed by atoms with Crippen molar-refractivity contribution in [2.75, 3.05) is 13.2 Å². The molecule has 2 aromatic carbocycles. The molecule has 182 valence electrons. The molecule has 0 atom stereocenters. The van der Waals surface area contributed by atoms with E-state index in [1.807, 2.05) is 0 Å². The Hall–Kier alpha value is -4.19. The summed E-state index contributed by atoms with van der Waals surface area (Å²) >= 11 is 6.31. The zero-order valence-electron chi connectivity index (χ0n) is 18.5. The number of fused-ring (bicyclic) bond motifs is 2. The lowest BCUT2D eigenvalue weighted by Crippen LogP contribution is -2.25. The normalized spacial score (nSPS) is 11.3. The quantitative estimate of drug-likeness (QED) is 0.227. The monoisotopic (exact) mass is 508 g/mol. The van der Waals surface area contributed by atoms with Crippen molar-refractivity contribution in [3.8, 4) is 11.3 Å². The average Bonchev–Trinajstić information content (AvgIpc) is 3.27. The summed E-state index contributed by atoms with van der Waals surface area (Å²) in [5.41, 5.74) is 4.74. The third-order valence-electron chi connectivity index (χ3n) is 5.49. The molecular weight excluding hydrogens is 491 g/mol. The molecule has 0 aliphatic heterocycles. The van der Waals surface area contributed by atoms with E-state index < -0.39 is 11.7 Å². The van der Waals surface area contributed by atoms with Crippen LogP contribution in [0.25, 0.3) is 33.3 Å². The molecule has 12 heteroatoms. The molecule has 10 nitrogen and oxygen atoms in total. The van der Waals surface area contributed by atoms with E-state index in [-0.39, 0.29) is 41.5 Å². The van der Waals surface area contributed by atoms with Gasteiger partial charge in [0, 0.05) is 17.2 Å². The maximum Gasteiger partial charge on any atom is 0.276 e. The number of halogens is 2. The lowest BCUT2D eigenvalue weighted by Gasteiger charge is -2.09. The number of carbonyl (C=O) groups excluding carboxylic acids is 1. The number of hydrogen-bond donors (Lipinski definition) is 3. The van der Waals surface area contributed by atoms with E-state index in [2.05, 4.69) is 25.8 Å². The predicted molar refractivity (Wildman–Crippen MR) is 130 cm³/mol. The summed E-state index contributed by atoms with van der Waals surface area (Å²) < 4.78 is 16.2. The lowest BCUT2D eigenvalue weighted by molar-refractivity contribution is 0.0168. The van der Waals surface area contributed by atoms with E-state index in [1.165, 1.54) is 22.9 Å². The molecule has 0 saturated heterocycles. The fourth-order valence-corrected chi connectivity index (χ4v) is 4.02. The van der Waals surface area contributed by atoms with E-state index in [9.17, 15) is 14.0 Å². The van der Waals surface area contributed by atoms with Crippen molar-refractivity contribution in [2.24, 2.45) is 0 Å². The molecule has 3 heterocycles. The summed E-state index contributed by atoms with van der Waals surface area (Å²) in [6.45, 7) is -0.298. The minimum Gasteiger partial charge on any atom is -0.394 e. The molecule has 1 amide bonds. The summed E-state index contributed by atoms with van der Waals surface area (Å²) in [5, 5.41) is 17.8. The zero-order chi connectivity index (χ0) is 25.2. The Balaban J connectivity index is 1.49. The Morgan fingerprint density at radius 2 is 2.00 bits per heavy atom. The van der Waals surface area contributed by atoms with Crippen molar-refractivity contribution in [3.05, 3.63) is 86.9 Å². The van der Waals surface area contributed by atoms with Crippen LogP contribution in [0.4, 0.5) is 4.39 Å². The van der Waals surface area contributed by atoms with Crippen LogP contribution in [-0.2, 0) is 11.4 Å². The second kappa shape index (κ2) is 9.82. The molecule has 0 fully saturated rings. The molecule has 0 saturated carbocycles. The minimum atomic E-state index is -0.555. The van der Waals surface area contributed by atoms with Crippen LogP contribution in [0, 0.1) is 5.82 Å². The van der Waals surface area contributed by atoms with Gasteiger partial charge >= 0.3 is 0 Å². The van der Waals surface area contributed by atoms with Gasteiger partial charge < -0.3 is 10.1 Å². The van der Waals surface area contributed by atoms with Crippen LogP contribution in [0.5, 0.6) is 0 Å². The average molecular weight is 509 g/mol. The van der Waals surface area contributed by atoms with Gasteiger partial charge in [0.15, 0.2) is 5.65 Å². The molecule has 0 aliphatic rings. The first-order valence-corrected chi connectivity index (χ1v) is 11.2. The number of aromatic amines is 1. The number of carbonyl (C=O) groups is 1. The number of aliphatic hydroxyl groups excluding tert-OH is 1. The Kier molecular flexibility index (Phi) is 6.42. The Morgan fingerprint density at radius 3 is 2.81 bits per heavy atom. The van der Waals surface area contributed by atoms with E-state index in [0.717, 1.165) is 0 Å². The highest BCUT2D eigenvalue weighted by atomic mass is 35.5. The Morgan fingerprint density at radius 1 is 1.17 bits per heavy atom. The number of H-pyrrole nitrogens is 1. The fraction of sp³-hybridized carbons (Fsp3) is 0.125. The second-order valence-electron chi connectivity index (χ2n) is 7.80. The summed E-state index contributed by atoms with van der Waals surface area (Å²) in [6.07, 6.45) is 0. The molecule has 0 bridgehead atoms. The van der Waals surface area contributed by atoms with Gasteiger partial charge in [0.2, 0.25) is 5.56 Å².